The van der Waals surface area contributed by atoms with Crippen LogP contribution in [0.2, 0.25) is 0 Å². The highest BCUT2D eigenvalue weighted by atomic mass is 16.4. The summed E-state index contributed by atoms with van der Waals surface area (Å²) in [5, 5.41) is 11.3. The number of carboxylic acids is 1. The first-order chi connectivity index (χ1) is 6.13. The van der Waals surface area contributed by atoms with Crippen molar-refractivity contribution in [2.45, 2.75) is 25.7 Å². The highest BCUT2D eigenvalue weighted by molar-refractivity contribution is 5.73. The number of carbonyl (C=O) groups is 2. The first-order valence-corrected chi connectivity index (χ1v) is 4.33. The van der Waals surface area contributed by atoms with Crippen LogP contribution in [0.5, 0.6) is 0 Å². The van der Waals surface area contributed by atoms with Crippen molar-refractivity contribution in [3.8, 4) is 0 Å². The van der Waals surface area contributed by atoms with Crippen LogP contribution in [0, 0.1) is 0 Å². The molecule has 0 bridgehead atoms. The minimum atomic E-state index is -0.767. The average molecular weight is 188 g/mol. The van der Waals surface area contributed by atoms with E-state index in [0.717, 1.165) is 13.0 Å². The average Bonchev–Trinajstić information content (AvgIpc) is 2.01. The number of amides is 1. The smallest absolute Gasteiger partial charge is 0.303 e. The first-order valence-electron chi connectivity index (χ1n) is 4.33. The molecule has 0 heterocycles. The zero-order valence-corrected chi connectivity index (χ0v) is 7.58. The monoisotopic (exact) mass is 188 g/mol. The van der Waals surface area contributed by atoms with Crippen LogP contribution in [0.15, 0.2) is 0 Å². The molecular weight excluding hydrogens is 172 g/mol. The Hall–Kier alpha value is -1.10. The van der Waals surface area contributed by atoms with Gasteiger partial charge >= 0.3 is 5.97 Å². The predicted molar refractivity (Wildman–Crippen MR) is 48.2 cm³/mol. The largest absolute Gasteiger partial charge is 0.481 e. The van der Waals surface area contributed by atoms with Gasteiger partial charge in [0.1, 0.15) is 0 Å². The van der Waals surface area contributed by atoms with E-state index in [4.69, 9.17) is 10.8 Å². The van der Waals surface area contributed by atoms with Gasteiger partial charge in [-0.15, -0.1) is 0 Å². The van der Waals surface area contributed by atoms with Crippen molar-refractivity contribution in [3.05, 3.63) is 0 Å². The summed E-state index contributed by atoms with van der Waals surface area (Å²) >= 11 is 0. The molecule has 0 aliphatic carbocycles. The highest BCUT2D eigenvalue weighted by Gasteiger charge is 1.96. The van der Waals surface area contributed by atoms with E-state index < -0.39 is 5.97 Å². The molecule has 0 aliphatic heterocycles. The summed E-state index contributed by atoms with van der Waals surface area (Å²) in [6.45, 7) is 1.31. The van der Waals surface area contributed by atoms with Crippen molar-refractivity contribution in [1.82, 2.24) is 5.32 Å². The van der Waals surface area contributed by atoms with Crippen LogP contribution in [-0.4, -0.2) is 30.1 Å². The third-order valence-corrected chi connectivity index (χ3v) is 1.54. The Labute approximate surface area is 77.3 Å². The van der Waals surface area contributed by atoms with E-state index in [2.05, 4.69) is 5.32 Å². The van der Waals surface area contributed by atoms with Crippen LogP contribution >= 0.6 is 0 Å². The maximum Gasteiger partial charge on any atom is 0.303 e. The normalized spacial score (nSPS) is 9.85. The molecule has 4 N–H and O–H groups in total. The molecule has 0 radical (unpaired) electrons. The molecule has 0 aliphatic rings. The standard InChI is InChI=1S/C8H16N2O3/c9-7(11)4-6-10-5-2-1-3-8(12)13/h10H,1-6H2,(H2,9,11)(H,12,13). The Morgan fingerprint density at radius 3 is 2.38 bits per heavy atom. The molecule has 0 aromatic carbocycles. The molecule has 0 saturated heterocycles. The summed E-state index contributed by atoms with van der Waals surface area (Å²) in [5.41, 5.74) is 4.92. The molecule has 0 aromatic heterocycles. The van der Waals surface area contributed by atoms with Gasteiger partial charge in [-0.3, -0.25) is 9.59 Å². The first kappa shape index (κ1) is 11.9. The minimum Gasteiger partial charge on any atom is -0.481 e. The maximum atomic E-state index is 10.3. The molecule has 76 valence electrons. The van der Waals surface area contributed by atoms with E-state index in [9.17, 15) is 9.59 Å². The van der Waals surface area contributed by atoms with Gasteiger partial charge < -0.3 is 16.2 Å². The van der Waals surface area contributed by atoms with Crippen molar-refractivity contribution in [2.24, 2.45) is 5.73 Å². The summed E-state index contributed by atoms with van der Waals surface area (Å²) in [6.07, 6.45) is 2.01. The van der Waals surface area contributed by atoms with E-state index >= 15 is 0 Å². The molecule has 0 atom stereocenters. The van der Waals surface area contributed by atoms with E-state index in [-0.39, 0.29) is 12.3 Å². The molecule has 5 nitrogen and oxygen atoms in total. The number of primary amides is 1. The van der Waals surface area contributed by atoms with Crippen LogP contribution in [-0.2, 0) is 9.59 Å². The molecule has 0 aromatic rings. The molecule has 0 rings (SSSR count). The Kier molecular flexibility index (Phi) is 6.91. The Morgan fingerprint density at radius 2 is 1.85 bits per heavy atom. The van der Waals surface area contributed by atoms with Crippen LogP contribution in [0.3, 0.4) is 0 Å². The molecule has 0 unspecified atom stereocenters. The van der Waals surface area contributed by atoms with Gasteiger partial charge in [0.25, 0.3) is 0 Å². The van der Waals surface area contributed by atoms with Crippen molar-refractivity contribution >= 4 is 11.9 Å². The molecule has 5 heteroatoms. The second-order valence-corrected chi connectivity index (χ2v) is 2.82. The molecule has 0 fully saturated rings. The number of unbranched alkanes of at least 4 members (excludes halogenated alkanes) is 1. The summed E-state index contributed by atoms with van der Waals surface area (Å²) in [5.74, 6) is -1.09. The van der Waals surface area contributed by atoms with Crippen molar-refractivity contribution < 1.29 is 14.7 Å². The number of nitrogens with one attached hydrogen (secondary N) is 1. The zero-order valence-electron chi connectivity index (χ0n) is 7.58. The van der Waals surface area contributed by atoms with Crippen LogP contribution < -0.4 is 11.1 Å². The number of nitrogens with two attached hydrogens (primary N) is 1. The lowest BCUT2D eigenvalue weighted by Crippen LogP contribution is -2.22. The van der Waals surface area contributed by atoms with Gasteiger partial charge in [0, 0.05) is 19.4 Å². The fourth-order valence-corrected chi connectivity index (χ4v) is 0.863. The maximum absolute atomic E-state index is 10.3. The van der Waals surface area contributed by atoms with Gasteiger partial charge in [-0.1, -0.05) is 0 Å². The Bertz CT molecular complexity index is 153. The second kappa shape index (κ2) is 7.54. The van der Waals surface area contributed by atoms with Crippen LogP contribution in [0.25, 0.3) is 0 Å². The third kappa shape index (κ3) is 10.9. The van der Waals surface area contributed by atoms with Crippen molar-refractivity contribution in [1.29, 1.82) is 0 Å². The summed E-state index contributed by atoms with van der Waals surface area (Å²) in [7, 11) is 0. The second-order valence-electron chi connectivity index (χ2n) is 2.82. The topological polar surface area (TPSA) is 92.4 Å². The molecule has 13 heavy (non-hydrogen) atoms. The fourth-order valence-electron chi connectivity index (χ4n) is 0.863. The van der Waals surface area contributed by atoms with E-state index in [1.807, 2.05) is 0 Å². The van der Waals surface area contributed by atoms with E-state index in [1.165, 1.54) is 0 Å². The molecular formula is C8H16N2O3. The number of hydrogen-bond donors (Lipinski definition) is 3. The molecule has 1 amide bonds. The van der Waals surface area contributed by atoms with Crippen LogP contribution in [0.1, 0.15) is 25.7 Å². The number of aliphatic carboxylic acids is 1. The van der Waals surface area contributed by atoms with Gasteiger partial charge in [-0.25, -0.2) is 0 Å². The van der Waals surface area contributed by atoms with Crippen LogP contribution in [0.4, 0.5) is 0 Å². The summed E-state index contributed by atoms with van der Waals surface area (Å²) < 4.78 is 0. The minimum absolute atomic E-state index is 0.206. The number of carbonyl (C=O) groups excluding carboxylic acids is 1. The quantitative estimate of drug-likeness (QED) is 0.456. The van der Waals surface area contributed by atoms with Gasteiger partial charge in [0.05, 0.1) is 0 Å². The molecule has 0 spiro atoms. The lowest BCUT2D eigenvalue weighted by molar-refractivity contribution is -0.137. The van der Waals surface area contributed by atoms with E-state index in [0.29, 0.717) is 19.4 Å². The fraction of sp³-hybridized carbons (Fsp3) is 0.750. The SMILES string of the molecule is NC(=O)CCNCCCCC(=O)O. The number of hydrogen-bond acceptors (Lipinski definition) is 3. The van der Waals surface area contributed by atoms with Crippen molar-refractivity contribution in [3.63, 3.8) is 0 Å². The zero-order chi connectivity index (χ0) is 10.1. The van der Waals surface area contributed by atoms with Gasteiger partial charge in [0.15, 0.2) is 0 Å². The Balaban J connectivity index is 3.00. The van der Waals surface area contributed by atoms with Gasteiger partial charge in [0.2, 0.25) is 5.91 Å². The third-order valence-electron chi connectivity index (χ3n) is 1.54. The highest BCUT2D eigenvalue weighted by Crippen LogP contribution is 1.93. The van der Waals surface area contributed by atoms with E-state index in [1.54, 1.807) is 0 Å². The van der Waals surface area contributed by atoms with Gasteiger partial charge in [-0.05, 0) is 19.4 Å². The van der Waals surface area contributed by atoms with Gasteiger partial charge in [-0.2, -0.15) is 0 Å². The lowest BCUT2D eigenvalue weighted by atomic mass is 10.2. The summed E-state index contributed by atoms with van der Waals surface area (Å²) in [6, 6.07) is 0. The molecule has 0 saturated carbocycles. The Morgan fingerprint density at radius 1 is 1.15 bits per heavy atom. The predicted octanol–water partition coefficient (Wildman–Crippen LogP) is -0.294. The number of rotatable bonds is 8. The van der Waals surface area contributed by atoms with Crippen molar-refractivity contribution in [2.75, 3.05) is 13.1 Å². The number of carboxylic acid groups (broad SMARTS) is 1. The lowest BCUT2D eigenvalue weighted by Gasteiger charge is -2.01. The summed E-state index contributed by atoms with van der Waals surface area (Å²) in [4.78, 5) is 20.4.